The summed E-state index contributed by atoms with van der Waals surface area (Å²) in [5, 5.41) is 2.26. The van der Waals surface area contributed by atoms with Crippen LogP contribution in [0.15, 0.2) is 5.38 Å². The third-order valence-electron chi connectivity index (χ3n) is 1.43. The first kappa shape index (κ1) is 9.19. The summed E-state index contributed by atoms with van der Waals surface area (Å²) in [5.41, 5.74) is 0.506. The van der Waals surface area contributed by atoms with E-state index in [1.165, 1.54) is 11.3 Å². The highest BCUT2D eigenvalue weighted by molar-refractivity contribution is 7.11. The molecule has 0 aliphatic rings. The Morgan fingerprint density at radius 3 is 2.75 bits per heavy atom. The number of carbonyl (C=O) groups excluding carboxylic acids is 1. The first-order chi connectivity index (χ1) is 5.65. The quantitative estimate of drug-likeness (QED) is 0.676. The summed E-state index contributed by atoms with van der Waals surface area (Å²) in [6.07, 6.45) is 0. The third-order valence-corrected chi connectivity index (χ3v) is 2.24. The van der Waals surface area contributed by atoms with Gasteiger partial charge in [-0.3, -0.25) is 4.79 Å². The molecule has 1 heterocycles. The molecule has 66 valence electrons. The summed E-state index contributed by atoms with van der Waals surface area (Å²) in [4.78, 5) is 15.4. The molecule has 0 amide bonds. The maximum Gasteiger partial charge on any atom is 0.273 e. The molecule has 0 aliphatic heterocycles. The zero-order valence-electron chi connectivity index (χ0n) is 7.33. The number of rotatable bonds is 3. The van der Waals surface area contributed by atoms with Gasteiger partial charge in [0.2, 0.25) is 0 Å². The van der Waals surface area contributed by atoms with E-state index in [0.29, 0.717) is 10.9 Å². The highest BCUT2D eigenvalue weighted by Gasteiger charge is 2.13. The summed E-state index contributed by atoms with van der Waals surface area (Å²) in [6.45, 7) is 3.71. The molecule has 0 radical (unpaired) electrons. The highest BCUT2D eigenvalue weighted by Crippen LogP contribution is 2.19. The Labute approximate surface area is 75.4 Å². The molecule has 0 aliphatic carbocycles. The lowest BCUT2D eigenvalue weighted by Gasteiger charge is -1.97. The van der Waals surface area contributed by atoms with Crippen LogP contribution in [0.25, 0.3) is 0 Å². The Kier molecular flexibility index (Phi) is 2.81. The minimum atomic E-state index is -0.00296. The average Bonchev–Trinajstić information content (AvgIpc) is 2.50. The minimum Gasteiger partial charge on any atom is -0.473 e. The highest BCUT2D eigenvalue weighted by atomic mass is 32.1. The van der Waals surface area contributed by atoms with E-state index < -0.39 is 0 Å². The fraction of sp³-hybridized carbons (Fsp3) is 0.500. The minimum absolute atomic E-state index is 0.00296. The van der Waals surface area contributed by atoms with Gasteiger partial charge >= 0.3 is 0 Å². The second kappa shape index (κ2) is 3.67. The molecule has 1 aromatic heterocycles. The zero-order valence-corrected chi connectivity index (χ0v) is 8.14. The van der Waals surface area contributed by atoms with Crippen molar-refractivity contribution in [1.82, 2.24) is 4.98 Å². The number of thiazole rings is 1. The van der Waals surface area contributed by atoms with Gasteiger partial charge in [0, 0.05) is 11.3 Å². The summed E-state index contributed by atoms with van der Waals surface area (Å²) >= 11 is 1.34. The predicted molar refractivity (Wildman–Crippen MR) is 47.8 cm³/mol. The van der Waals surface area contributed by atoms with Gasteiger partial charge in [-0.05, 0) is 0 Å². The Morgan fingerprint density at radius 1 is 1.67 bits per heavy atom. The van der Waals surface area contributed by atoms with Gasteiger partial charge in [0.15, 0.2) is 5.78 Å². The van der Waals surface area contributed by atoms with Crippen LogP contribution in [0.2, 0.25) is 0 Å². The van der Waals surface area contributed by atoms with E-state index >= 15 is 0 Å². The van der Waals surface area contributed by atoms with Gasteiger partial charge in [-0.15, -0.1) is 0 Å². The van der Waals surface area contributed by atoms with E-state index in [-0.39, 0.29) is 11.7 Å². The van der Waals surface area contributed by atoms with Crippen molar-refractivity contribution in [3.63, 3.8) is 0 Å². The lowest BCUT2D eigenvalue weighted by atomic mass is 10.1. The molecule has 12 heavy (non-hydrogen) atoms. The molecule has 0 fully saturated rings. The van der Waals surface area contributed by atoms with Gasteiger partial charge in [-0.2, -0.15) is 4.98 Å². The van der Waals surface area contributed by atoms with E-state index in [4.69, 9.17) is 4.74 Å². The van der Waals surface area contributed by atoms with E-state index in [1.54, 1.807) is 12.5 Å². The summed E-state index contributed by atoms with van der Waals surface area (Å²) in [7, 11) is 1.54. The van der Waals surface area contributed by atoms with Crippen LogP contribution in [0.3, 0.4) is 0 Å². The summed E-state index contributed by atoms with van der Waals surface area (Å²) in [6, 6.07) is 0. The van der Waals surface area contributed by atoms with Crippen LogP contribution in [0, 0.1) is 5.92 Å². The molecular weight excluding hydrogens is 174 g/mol. The van der Waals surface area contributed by atoms with Gasteiger partial charge in [0.1, 0.15) is 5.69 Å². The van der Waals surface area contributed by atoms with Crippen molar-refractivity contribution < 1.29 is 9.53 Å². The van der Waals surface area contributed by atoms with E-state index in [1.807, 2.05) is 13.8 Å². The monoisotopic (exact) mass is 185 g/mol. The third kappa shape index (κ3) is 1.82. The topological polar surface area (TPSA) is 39.2 Å². The SMILES string of the molecule is COc1nc(C(=O)C(C)C)cs1. The fourth-order valence-corrected chi connectivity index (χ4v) is 1.39. The van der Waals surface area contributed by atoms with Crippen LogP contribution >= 0.6 is 11.3 Å². The van der Waals surface area contributed by atoms with Gasteiger partial charge in [-0.25, -0.2) is 0 Å². The Hall–Kier alpha value is -0.900. The van der Waals surface area contributed by atoms with Gasteiger partial charge < -0.3 is 4.74 Å². The molecule has 1 rings (SSSR count). The number of ether oxygens (including phenoxy) is 1. The lowest BCUT2D eigenvalue weighted by Crippen LogP contribution is -2.07. The largest absolute Gasteiger partial charge is 0.473 e. The molecule has 1 aromatic rings. The number of nitrogens with zero attached hydrogens (tertiary/aromatic N) is 1. The number of methoxy groups -OCH3 is 1. The van der Waals surface area contributed by atoms with E-state index in [2.05, 4.69) is 4.98 Å². The van der Waals surface area contributed by atoms with Crippen molar-refractivity contribution in [3.8, 4) is 5.19 Å². The van der Waals surface area contributed by atoms with Crippen LogP contribution in [-0.4, -0.2) is 17.9 Å². The normalized spacial score (nSPS) is 10.3. The van der Waals surface area contributed by atoms with Gasteiger partial charge in [0.05, 0.1) is 7.11 Å². The number of hydrogen-bond acceptors (Lipinski definition) is 4. The molecule has 0 atom stereocenters. The number of aromatic nitrogens is 1. The van der Waals surface area contributed by atoms with Crippen LogP contribution in [0.4, 0.5) is 0 Å². The number of Topliss-reactive ketones (excluding diaryl/α,β-unsaturated/α-hetero) is 1. The molecule has 0 aromatic carbocycles. The Bertz CT molecular complexity index is 280. The van der Waals surface area contributed by atoms with Crippen molar-refractivity contribution >= 4 is 17.1 Å². The van der Waals surface area contributed by atoms with Gasteiger partial charge in [0.25, 0.3) is 5.19 Å². The summed E-state index contributed by atoms with van der Waals surface area (Å²) in [5.74, 6) is 0.0614. The molecule has 0 saturated carbocycles. The fourth-order valence-electron chi connectivity index (χ4n) is 0.760. The second-order valence-electron chi connectivity index (χ2n) is 2.72. The molecule has 4 heteroatoms. The molecule has 0 spiro atoms. The standard InChI is InChI=1S/C8H11NO2S/c1-5(2)7(10)6-4-12-8(9-6)11-3/h4-5H,1-3H3. The maximum atomic E-state index is 11.4. The Morgan fingerprint density at radius 2 is 2.33 bits per heavy atom. The van der Waals surface area contributed by atoms with Crippen molar-refractivity contribution in [2.45, 2.75) is 13.8 Å². The van der Waals surface area contributed by atoms with E-state index in [0.717, 1.165) is 0 Å². The zero-order chi connectivity index (χ0) is 9.14. The first-order valence-electron chi connectivity index (χ1n) is 3.69. The molecule has 0 N–H and O–H groups in total. The summed E-state index contributed by atoms with van der Waals surface area (Å²) < 4.78 is 4.88. The molecule has 3 nitrogen and oxygen atoms in total. The molecule has 0 bridgehead atoms. The first-order valence-corrected chi connectivity index (χ1v) is 4.57. The van der Waals surface area contributed by atoms with Crippen molar-refractivity contribution in [1.29, 1.82) is 0 Å². The lowest BCUT2D eigenvalue weighted by molar-refractivity contribution is 0.0934. The molecular formula is C8H11NO2S. The maximum absolute atomic E-state index is 11.4. The van der Waals surface area contributed by atoms with Crippen LogP contribution < -0.4 is 4.74 Å². The number of ketones is 1. The van der Waals surface area contributed by atoms with Crippen LogP contribution in [0.1, 0.15) is 24.3 Å². The van der Waals surface area contributed by atoms with Crippen molar-refractivity contribution in [3.05, 3.63) is 11.1 Å². The van der Waals surface area contributed by atoms with Crippen molar-refractivity contribution in [2.75, 3.05) is 7.11 Å². The second-order valence-corrected chi connectivity index (χ2v) is 3.54. The molecule has 0 saturated heterocycles. The Balaban J connectivity index is 2.82. The number of carbonyl (C=O) groups is 1. The van der Waals surface area contributed by atoms with Crippen LogP contribution in [0.5, 0.6) is 5.19 Å². The predicted octanol–water partition coefficient (Wildman–Crippen LogP) is 1.99. The smallest absolute Gasteiger partial charge is 0.273 e. The molecule has 0 unspecified atom stereocenters. The van der Waals surface area contributed by atoms with E-state index in [9.17, 15) is 4.79 Å². The van der Waals surface area contributed by atoms with Crippen LogP contribution in [-0.2, 0) is 0 Å². The average molecular weight is 185 g/mol. The van der Waals surface area contributed by atoms with Crippen molar-refractivity contribution in [2.24, 2.45) is 5.92 Å². The number of hydrogen-bond donors (Lipinski definition) is 0. The van der Waals surface area contributed by atoms with Gasteiger partial charge in [-0.1, -0.05) is 25.2 Å².